The fraction of sp³-hybridized carbons (Fsp3) is 0.533. The van der Waals surface area contributed by atoms with Crippen molar-refractivity contribution in [3.63, 3.8) is 0 Å². The number of pyridine rings is 1. The van der Waals surface area contributed by atoms with Gasteiger partial charge in [0.2, 0.25) is 27.7 Å². The van der Waals surface area contributed by atoms with Crippen LogP contribution in [-0.4, -0.2) is 71.5 Å². The Morgan fingerprint density at radius 3 is 2.74 bits per heavy atom. The van der Waals surface area contributed by atoms with Crippen LogP contribution in [-0.2, 0) is 24.4 Å². The van der Waals surface area contributed by atoms with Gasteiger partial charge >= 0.3 is 0 Å². The van der Waals surface area contributed by atoms with Crippen LogP contribution in [0.25, 0.3) is 10.8 Å². The lowest BCUT2D eigenvalue weighted by atomic mass is 10.1. The van der Waals surface area contributed by atoms with Crippen LogP contribution in [0.5, 0.6) is 5.88 Å². The van der Waals surface area contributed by atoms with Crippen molar-refractivity contribution in [1.29, 1.82) is 0 Å². The third-order valence-corrected chi connectivity index (χ3v) is 10.6. The van der Waals surface area contributed by atoms with E-state index in [9.17, 15) is 22.8 Å². The van der Waals surface area contributed by atoms with E-state index in [0.717, 1.165) is 36.5 Å². The minimum absolute atomic E-state index is 0.133. The highest BCUT2D eigenvalue weighted by molar-refractivity contribution is 7.91. The zero-order valence-corrected chi connectivity index (χ0v) is 24.2. The average Bonchev–Trinajstić information content (AvgIpc) is 3.89. The van der Waals surface area contributed by atoms with Crippen molar-refractivity contribution in [2.24, 2.45) is 11.7 Å². The molecule has 6 rings (SSSR count). The number of carbonyl (C=O) groups is 3. The predicted octanol–water partition coefficient (Wildman–Crippen LogP) is 1.91. The molecule has 1 saturated heterocycles. The number of nitrogens with one attached hydrogen (secondary N) is 2. The number of nitrogens with zero attached hydrogens (tertiary/aromatic N) is 2. The Hall–Kier alpha value is -3.51. The molecule has 1 aromatic carbocycles. The number of fused-ring (bicyclic) bond motifs is 3. The summed E-state index contributed by atoms with van der Waals surface area (Å²) < 4.78 is 33.7. The van der Waals surface area contributed by atoms with E-state index >= 15 is 0 Å². The lowest BCUT2D eigenvalue weighted by Crippen LogP contribution is -2.57. The van der Waals surface area contributed by atoms with E-state index in [1.54, 1.807) is 6.20 Å². The van der Waals surface area contributed by atoms with E-state index in [-0.39, 0.29) is 31.2 Å². The molecular weight excluding hydrogens is 558 g/mol. The largest absolute Gasteiger partial charge is 0.472 e. The maximum absolute atomic E-state index is 13.9. The summed E-state index contributed by atoms with van der Waals surface area (Å²) in [6.45, 7) is 0.133. The third-order valence-electron chi connectivity index (χ3n) is 8.80. The Morgan fingerprint density at radius 1 is 1.12 bits per heavy atom. The van der Waals surface area contributed by atoms with Crippen molar-refractivity contribution in [2.45, 2.75) is 86.8 Å². The minimum atomic E-state index is -3.81. The number of sulfonamides is 1. The number of aromatic nitrogens is 1. The number of carbonyl (C=O) groups excluding carboxylic acids is 3. The van der Waals surface area contributed by atoms with Gasteiger partial charge in [0, 0.05) is 23.9 Å². The van der Waals surface area contributed by atoms with E-state index in [1.807, 2.05) is 42.5 Å². The van der Waals surface area contributed by atoms with Crippen LogP contribution in [0.15, 0.2) is 48.7 Å². The summed E-state index contributed by atoms with van der Waals surface area (Å²) in [4.78, 5) is 46.7. The molecule has 4 N–H and O–H groups in total. The lowest BCUT2D eigenvalue weighted by molar-refractivity contribution is -0.140. The standard InChI is InChI=1S/C30H37N5O6S/c31-24-11-5-3-1-2-4-9-20-17-30(20,29(38)34-42(39,40)22-12-13-22)33-26(36)25-16-21(18-35(25)28(24)37)41-27-23-10-7-6-8-19(23)14-15-32-27/h4,6-10,14-15,20-22,24-25H,1-3,5,11-13,16-18,31H2,(H,33,36)(H,34,38)/b9-4+. The Bertz CT molecular complexity index is 1520. The quantitative estimate of drug-likeness (QED) is 0.442. The molecular formula is C30H37N5O6S. The van der Waals surface area contributed by atoms with Crippen LogP contribution in [0, 0.1) is 5.92 Å². The highest BCUT2D eigenvalue weighted by atomic mass is 32.2. The maximum atomic E-state index is 13.9. The number of nitrogens with two attached hydrogens (primary N) is 1. The van der Waals surface area contributed by atoms with Gasteiger partial charge in [0.25, 0.3) is 5.91 Å². The van der Waals surface area contributed by atoms with Gasteiger partial charge in [-0.2, -0.15) is 0 Å². The molecule has 1 aromatic heterocycles. The van der Waals surface area contributed by atoms with Gasteiger partial charge < -0.3 is 20.7 Å². The number of benzene rings is 1. The molecule has 2 aromatic rings. The molecule has 11 nitrogen and oxygen atoms in total. The van der Waals surface area contributed by atoms with Crippen molar-refractivity contribution >= 4 is 38.5 Å². The highest BCUT2D eigenvalue weighted by Gasteiger charge is 2.62. The van der Waals surface area contributed by atoms with Crippen molar-refractivity contribution in [3.8, 4) is 5.88 Å². The second kappa shape index (κ2) is 11.3. The first-order valence-corrected chi connectivity index (χ1v) is 16.3. The lowest BCUT2D eigenvalue weighted by Gasteiger charge is -2.28. The van der Waals surface area contributed by atoms with E-state index in [2.05, 4.69) is 15.0 Å². The number of ether oxygens (including phenoxy) is 1. The average molecular weight is 596 g/mol. The Labute approximate surface area is 245 Å². The fourth-order valence-electron chi connectivity index (χ4n) is 6.09. The molecule has 4 aliphatic rings. The normalized spacial score (nSPS) is 31.2. The Morgan fingerprint density at radius 2 is 1.93 bits per heavy atom. The summed E-state index contributed by atoms with van der Waals surface area (Å²) >= 11 is 0. The van der Waals surface area contributed by atoms with Gasteiger partial charge in [0.1, 0.15) is 17.7 Å². The van der Waals surface area contributed by atoms with Crippen molar-refractivity contribution < 1.29 is 27.5 Å². The molecule has 0 bridgehead atoms. The first-order valence-electron chi connectivity index (χ1n) is 14.8. The second-order valence-corrected chi connectivity index (χ2v) is 13.9. The molecule has 0 radical (unpaired) electrons. The van der Waals surface area contributed by atoms with E-state index in [1.165, 1.54) is 4.90 Å². The summed E-state index contributed by atoms with van der Waals surface area (Å²) in [7, 11) is -3.81. The molecule has 3 fully saturated rings. The summed E-state index contributed by atoms with van der Waals surface area (Å²) in [5.74, 6) is -1.55. The first-order chi connectivity index (χ1) is 20.2. The smallest absolute Gasteiger partial charge is 0.259 e. The third kappa shape index (κ3) is 5.74. The number of rotatable bonds is 5. The summed E-state index contributed by atoms with van der Waals surface area (Å²) in [6, 6.07) is 7.83. The Balaban J connectivity index is 1.27. The van der Waals surface area contributed by atoms with Crippen LogP contribution >= 0.6 is 0 Å². The molecule has 42 heavy (non-hydrogen) atoms. The molecule has 224 valence electrons. The van der Waals surface area contributed by atoms with Gasteiger partial charge in [-0.3, -0.25) is 19.1 Å². The molecule has 0 spiro atoms. The van der Waals surface area contributed by atoms with Crippen molar-refractivity contribution in [3.05, 3.63) is 48.7 Å². The zero-order chi connectivity index (χ0) is 29.5. The van der Waals surface area contributed by atoms with Crippen LogP contribution in [0.3, 0.4) is 0 Å². The fourth-order valence-corrected chi connectivity index (χ4v) is 7.45. The van der Waals surface area contributed by atoms with E-state index in [4.69, 9.17) is 10.5 Å². The van der Waals surface area contributed by atoms with Gasteiger partial charge in [-0.25, -0.2) is 13.4 Å². The predicted molar refractivity (Wildman–Crippen MR) is 156 cm³/mol. The van der Waals surface area contributed by atoms with Gasteiger partial charge in [-0.15, -0.1) is 0 Å². The van der Waals surface area contributed by atoms with E-state index < -0.39 is 50.8 Å². The van der Waals surface area contributed by atoms with E-state index in [0.29, 0.717) is 25.1 Å². The van der Waals surface area contributed by atoms with Crippen LogP contribution < -0.4 is 20.5 Å². The molecule has 5 atom stereocenters. The van der Waals surface area contributed by atoms with Crippen molar-refractivity contribution in [1.82, 2.24) is 19.9 Å². The SMILES string of the molecule is NC1CCCCC/C=C/C2CC2(C(=O)NS(=O)(=O)C2CC2)NC(=O)C2CC(Oc3nccc4ccccc34)CN2C1=O. The van der Waals surface area contributed by atoms with Gasteiger partial charge in [0.15, 0.2) is 0 Å². The van der Waals surface area contributed by atoms with Gasteiger partial charge in [-0.1, -0.05) is 43.2 Å². The number of hydrogen-bond acceptors (Lipinski definition) is 8. The molecule has 2 aliphatic carbocycles. The molecule has 3 heterocycles. The summed E-state index contributed by atoms with van der Waals surface area (Å²) in [5.41, 5.74) is 4.93. The molecule has 2 saturated carbocycles. The zero-order valence-electron chi connectivity index (χ0n) is 23.4. The summed E-state index contributed by atoms with van der Waals surface area (Å²) in [5, 5.41) is 4.06. The molecule has 12 heteroatoms. The Kier molecular flexibility index (Phi) is 7.69. The number of hydrogen-bond donors (Lipinski definition) is 3. The second-order valence-electron chi connectivity index (χ2n) is 11.9. The maximum Gasteiger partial charge on any atom is 0.259 e. The number of allylic oxidation sites excluding steroid dienone is 1. The minimum Gasteiger partial charge on any atom is -0.472 e. The monoisotopic (exact) mass is 595 g/mol. The molecule has 5 unspecified atom stereocenters. The molecule has 2 aliphatic heterocycles. The number of amides is 3. The van der Waals surface area contributed by atoms with Gasteiger partial charge in [0.05, 0.1) is 17.8 Å². The molecule has 3 amide bonds. The van der Waals surface area contributed by atoms with Crippen LogP contribution in [0.4, 0.5) is 0 Å². The van der Waals surface area contributed by atoms with Crippen molar-refractivity contribution in [2.75, 3.05) is 6.54 Å². The van der Waals surface area contributed by atoms with Crippen LogP contribution in [0.1, 0.15) is 57.8 Å². The highest BCUT2D eigenvalue weighted by Crippen LogP contribution is 2.46. The summed E-state index contributed by atoms with van der Waals surface area (Å²) in [6.07, 6.45) is 10.3. The topological polar surface area (TPSA) is 161 Å². The van der Waals surface area contributed by atoms with Gasteiger partial charge in [-0.05, 0) is 56.0 Å². The van der Waals surface area contributed by atoms with Crippen LogP contribution in [0.2, 0.25) is 0 Å². The first kappa shape index (κ1) is 28.6.